The van der Waals surface area contributed by atoms with E-state index in [0.29, 0.717) is 16.5 Å². The molecule has 1 N–H and O–H groups in total. The summed E-state index contributed by atoms with van der Waals surface area (Å²) in [5, 5.41) is 3.14. The van der Waals surface area contributed by atoms with Crippen LogP contribution in [0.25, 0.3) is 0 Å². The Morgan fingerprint density at radius 2 is 1.85 bits per heavy atom. The van der Waals surface area contributed by atoms with Crippen molar-refractivity contribution in [2.75, 3.05) is 20.8 Å². The molecule has 2 rings (SSSR count). The summed E-state index contributed by atoms with van der Waals surface area (Å²) in [5.74, 6) is 0.411. The van der Waals surface area contributed by atoms with Gasteiger partial charge in [0.1, 0.15) is 6.04 Å². The zero-order chi connectivity index (χ0) is 19.8. The Hall–Kier alpha value is -2.73. The number of methoxy groups -OCH3 is 1. The standard InChI is InChI=1S/C20H23ClN2O4/c1-14(20(25)22-2)23(12-15-7-6-8-16(21)11-15)19(24)13-27-18-10-5-4-9-17(18)26-3/h4-11,14H,12-13H2,1-3H3,(H,22,25). The Kier molecular flexibility index (Phi) is 7.49. The number of carbonyl (C=O) groups excluding carboxylic acids is 2. The van der Waals surface area contributed by atoms with E-state index in [1.165, 1.54) is 19.1 Å². The van der Waals surface area contributed by atoms with Crippen LogP contribution in [0.5, 0.6) is 11.5 Å². The smallest absolute Gasteiger partial charge is 0.261 e. The van der Waals surface area contributed by atoms with Crippen LogP contribution in [0.3, 0.4) is 0 Å². The Balaban J connectivity index is 2.16. The summed E-state index contributed by atoms with van der Waals surface area (Å²) < 4.78 is 10.8. The van der Waals surface area contributed by atoms with Crippen LogP contribution in [-0.2, 0) is 16.1 Å². The van der Waals surface area contributed by atoms with Crippen molar-refractivity contribution in [3.63, 3.8) is 0 Å². The van der Waals surface area contributed by atoms with E-state index in [1.54, 1.807) is 43.3 Å². The van der Waals surface area contributed by atoms with Gasteiger partial charge in [0, 0.05) is 18.6 Å². The number of hydrogen-bond donors (Lipinski definition) is 1. The monoisotopic (exact) mass is 390 g/mol. The first-order valence-electron chi connectivity index (χ1n) is 8.47. The maximum absolute atomic E-state index is 12.8. The Bertz CT molecular complexity index is 797. The van der Waals surface area contributed by atoms with Crippen molar-refractivity contribution in [2.24, 2.45) is 0 Å². The summed E-state index contributed by atoms with van der Waals surface area (Å²) in [6, 6.07) is 13.6. The SMILES string of the molecule is CNC(=O)C(C)N(Cc1cccc(Cl)c1)C(=O)COc1ccccc1OC. The van der Waals surface area contributed by atoms with Gasteiger partial charge in [-0.15, -0.1) is 0 Å². The highest BCUT2D eigenvalue weighted by Crippen LogP contribution is 2.26. The molecule has 2 aromatic rings. The zero-order valence-corrected chi connectivity index (χ0v) is 16.3. The van der Waals surface area contributed by atoms with Gasteiger partial charge in [-0.1, -0.05) is 35.9 Å². The quantitative estimate of drug-likeness (QED) is 0.752. The van der Waals surface area contributed by atoms with Gasteiger partial charge in [-0.25, -0.2) is 0 Å². The van der Waals surface area contributed by atoms with Gasteiger partial charge in [0.2, 0.25) is 5.91 Å². The van der Waals surface area contributed by atoms with E-state index in [9.17, 15) is 9.59 Å². The number of halogens is 1. The molecule has 1 atom stereocenters. The minimum Gasteiger partial charge on any atom is -0.493 e. The van der Waals surface area contributed by atoms with Crippen molar-refractivity contribution in [3.8, 4) is 11.5 Å². The van der Waals surface area contributed by atoms with Gasteiger partial charge in [-0.2, -0.15) is 0 Å². The molecule has 2 amide bonds. The molecule has 6 nitrogen and oxygen atoms in total. The van der Waals surface area contributed by atoms with E-state index < -0.39 is 6.04 Å². The van der Waals surface area contributed by atoms with Crippen LogP contribution in [0, 0.1) is 0 Å². The number of carbonyl (C=O) groups is 2. The van der Waals surface area contributed by atoms with Gasteiger partial charge in [0.15, 0.2) is 18.1 Å². The lowest BCUT2D eigenvalue weighted by Gasteiger charge is -2.28. The van der Waals surface area contributed by atoms with Crippen molar-refractivity contribution in [3.05, 3.63) is 59.1 Å². The number of hydrogen-bond acceptors (Lipinski definition) is 4. The fourth-order valence-electron chi connectivity index (χ4n) is 2.58. The molecule has 0 aliphatic rings. The molecule has 1 unspecified atom stereocenters. The van der Waals surface area contributed by atoms with Crippen LogP contribution >= 0.6 is 11.6 Å². The predicted molar refractivity (Wildman–Crippen MR) is 104 cm³/mol. The third-order valence-electron chi connectivity index (χ3n) is 4.08. The molecule has 27 heavy (non-hydrogen) atoms. The van der Waals surface area contributed by atoms with E-state index in [0.717, 1.165) is 5.56 Å². The largest absolute Gasteiger partial charge is 0.493 e. The van der Waals surface area contributed by atoms with Gasteiger partial charge in [-0.3, -0.25) is 9.59 Å². The molecular formula is C20H23ClN2O4. The number of nitrogens with zero attached hydrogens (tertiary/aromatic N) is 1. The number of rotatable bonds is 8. The lowest BCUT2D eigenvalue weighted by Crippen LogP contribution is -2.48. The lowest BCUT2D eigenvalue weighted by molar-refractivity contribution is -0.142. The molecule has 0 saturated carbocycles. The molecule has 0 aromatic heterocycles. The maximum atomic E-state index is 12.8. The normalized spacial score (nSPS) is 11.4. The third kappa shape index (κ3) is 5.62. The van der Waals surface area contributed by atoms with Gasteiger partial charge in [0.25, 0.3) is 5.91 Å². The molecule has 0 heterocycles. The topological polar surface area (TPSA) is 67.9 Å². The van der Waals surface area contributed by atoms with Crippen LogP contribution in [0.1, 0.15) is 12.5 Å². The summed E-state index contributed by atoms with van der Waals surface area (Å²) in [7, 11) is 3.06. The minimum atomic E-state index is -0.664. The molecule has 0 saturated heterocycles. The maximum Gasteiger partial charge on any atom is 0.261 e. The predicted octanol–water partition coefficient (Wildman–Crippen LogP) is 2.89. The second-order valence-electron chi connectivity index (χ2n) is 5.88. The number of benzene rings is 2. The van der Waals surface area contributed by atoms with Gasteiger partial charge >= 0.3 is 0 Å². The highest BCUT2D eigenvalue weighted by atomic mass is 35.5. The molecule has 144 valence electrons. The first kappa shape index (κ1) is 20.6. The Labute approximate surface area is 164 Å². The molecule has 0 bridgehead atoms. The molecule has 0 fully saturated rings. The number of ether oxygens (including phenoxy) is 2. The fraction of sp³-hybridized carbons (Fsp3) is 0.300. The van der Waals surface area contributed by atoms with Gasteiger partial charge in [-0.05, 0) is 36.8 Å². The van der Waals surface area contributed by atoms with Crippen LogP contribution < -0.4 is 14.8 Å². The average Bonchev–Trinajstić information content (AvgIpc) is 2.69. The molecular weight excluding hydrogens is 368 g/mol. The van der Waals surface area contributed by atoms with Crippen LogP contribution in [0.2, 0.25) is 5.02 Å². The molecule has 0 radical (unpaired) electrons. The number of para-hydroxylation sites is 2. The molecule has 0 aliphatic heterocycles. The minimum absolute atomic E-state index is 0.220. The highest BCUT2D eigenvalue weighted by molar-refractivity contribution is 6.30. The number of amides is 2. The van der Waals surface area contributed by atoms with E-state index in [2.05, 4.69) is 5.32 Å². The van der Waals surface area contributed by atoms with Crippen LogP contribution in [0.15, 0.2) is 48.5 Å². The molecule has 0 aliphatic carbocycles. The van der Waals surface area contributed by atoms with Crippen LogP contribution in [-0.4, -0.2) is 43.5 Å². The van der Waals surface area contributed by atoms with Crippen molar-refractivity contribution in [1.82, 2.24) is 10.2 Å². The summed E-state index contributed by atoms with van der Waals surface area (Å²) in [4.78, 5) is 26.4. The summed E-state index contributed by atoms with van der Waals surface area (Å²) in [5.41, 5.74) is 0.823. The van der Waals surface area contributed by atoms with Crippen molar-refractivity contribution < 1.29 is 19.1 Å². The number of likely N-dealkylation sites (N-methyl/N-ethyl adjacent to an activating group) is 1. The molecule has 0 spiro atoms. The first-order valence-corrected chi connectivity index (χ1v) is 8.85. The number of nitrogens with one attached hydrogen (secondary N) is 1. The summed E-state index contributed by atoms with van der Waals surface area (Å²) in [6.45, 7) is 1.69. The van der Waals surface area contributed by atoms with Crippen molar-refractivity contribution in [2.45, 2.75) is 19.5 Å². The first-order chi connectivity index (χ1) is 13.0. The van der Waals surface area contributed by atoms with Crippen molar-refractivity contribution in [1.29, 1.82) is 0 Å². The van der Waals surface area contributed by atoms with Crippen molar-refractivity contribution >= 4 is 23.4 Å². The molecule has 2 aromatic carbocycles. The second-order valence-corrected chi connectivity index (χ2v) is 6.32. The summed E-state index contributed by atoms with van der Waals surface area (Å²) >= 11 is 6.03. The van der Waals surface area contributed by atoms with E-state index in [1.807, 2.05) is 12.1 Å². The molecule has 7 heteroatoms. The van der Waals surface area contributed by atoms with Gasteiger partial charge < -0.3 is 19.7 Å². The second kappa shape index (κ2) is 9.83. The van der Waals surface area contributed by atoms with E-state index in [4.69, 9.17) is 21.1 Å². The fourth-order valence-corrected chi connectivity index (χ4v) is 2.80. The Morgan fingerprint density at radius 3 is 2.48 bits per heavy atom. The van der Waals surface area contributed by atoms with E-state index in [-0.39, 0.29) is 25.0 Å². The zero-order valence-electron chi connectivity index (χ0n) is 15.6. The lowest BCUT2D eigenvalue weighted by atomic mass is 10.1. The third-order valence-corrected chi connectivity index (χ3v) is 4.31. The highest BCUT2D eigenvalue weighted by Gasteiger charge is 2.26. The summed E-state index contributed by atoms with van der Waals surface area (Å²) in [6.07, 6.45) is 0. The van der Waals surface area contributed by atoms with E-state index >= 15 is 0 Å². The Morgan fingerprint density at radius 1 is 1.15 bits per heavy atom. The van der Waals surface area contributed by atoms with Crippen LogP contribution in [0.4, 0.5) is 0 Å². The average molecular weight is 391 g/mol. The van der Waals surface area contributed by atoms with Gasteiger partial charge in [0.05, 0.1) is 7.11 Å².